The highest BCUT2D eigenvalue weighted by Crippen LogP contribution is 2.22. The first-order chi connectivity index (χ1) is 12.6. The number of halogens is 2. The second-order valence-corrected chi connectivity index (χ2v) is 5.99. The molecule has 0 atom stereocenters. The Bertz CT molecular complexity index is 814. The summed E-state index contributed by atoms with van der Waals surface area (Å²) in [6.07, 6.45) is 3.91. The van der Waals surface area contributed by atoms with Crippen LogP contribution in [0, 0.1) is 11.6 Å². The van der Waals surface area contributed by atoms with Crippen molar-refractivity contribution in [2.24, 2.45) is 4.99 Å². The molecule has 8 heteroatoms. The minimum absolute atomic E-state index is 0.0135. The van der Waals surface area contributed by atoms with E-state index in [9.17, 15) is 8.78 Å². The first-order valence-electron chi connectivity index (χ1n) is 8.33. The number of benzene rings is 1. The normalized spacial score (nSPS) is 16.0. The smallest absolute Gasteiger partial charge is 0.318 e. The van der Waals surface area contributed by atoms with Crippen LogP contribution in [0.2, 0.25) is 0 Å². The molecular weight excluding hydrogens is 342 g/mol. The number of ether oxygens (including phenoxy) is 2. The number of hydrogen-bond acceptors (Lipinski definition) is 5. The third-order valence-corrected chi connectivity index (χ3v) is 4.11. The second kappa shape index (κ2) is 8.07. The lowest BCUT2D eigenvalue weighted by atomic mass is 10.1. The Morgan fingerprint density at radius 3 is 2.81 bits per heavy atom. The number of methoxy groups -OCH3 is 1. The molecule has 2 heterocycles. The molecular formula is C18H20F2N4O2. The van der Waals surface area contributed by atoms with Gasteiger partial charge in [-0.15, -0.1) is 0 Å². The summed E-state index contributed by atoms with van der Waals surface area (Å²) in [5.41, 5.74) is 0.580. The number of nitrogens with zero attached hydrogens (tertiary/aromatic N) is 4. The van der Waals surface area contributed by atoms with Crippen molar-refractivity contribution in [1.82, 2.24) is 14.9 Å². The van der Waals surface area contributed by atoms with E-state index in [-0.39, 0.29) is 24.2 Å². The van der Waals surface area contributed by atoms with Gasteiger partial charge in [0, 0.05) is 20.0 Å². The van der Waals surface area contributed by atoms with Crippen LogP contribution in [-0.2, 0) is 6.61 Å². The molecule has 1 fully saturated rings. The molecule has 1 aromatic carbocycles. The largest absolute Gasteiger partial charge is 0.494 e. The van der Waals surface area contributed by atoms with Gasteiger partial charge in [-0.3, -0.25) is 0 Å². The molecule has 6 nitrogen and oxygen atoms in total. The van der Waals surface area contributed by atoms with Crippen LogP contribution in [0.15, 0.2) is 29.4 Å². The molecule has 2 aromatic rings. The van der Waals surface area contributed by atoms with Crippen LogP contribution >= 0.6 is 0 Å². The van der Waals surface area contributed by atoms with Gasteiger partial charge in [0.05, 0.1) is 13.3 Å². The van der Waals surface area contributed by atoms with Crippen LogP contribution in [0.25, 0.3) is 0 Å². The summed E-state index contributed by atoms with van der Waals surface area (Å²) in [6.45, 7) is 0.931. The summed E-state index contributed by atoms with van der Waals surface area (Å²) in [5.74, 6) is -0.210. The topological polar surface area (TPSA) is 59.8 Å². The Labute approximate surface area is 150 Å². The second-order valence-electron chi connectivity index (χ2n) is 5.99. The van der Waals surface area contributed by atoms with Crippen molar-refractivity contribution in [3.05, 3.63) is 41.6 Å². The molecule has 0 unspecified atom stereocenters. The summed E-state index contributed by atoms with van der Waals surface area (Å²) in [5, 5.41) is 0. The number of aliphatic imine (C=N–C) groups is 1. The van der Waals surface area contributed by atoms with E-state index < -0.39 is 11.6 Å². The Hall–Kier alpha value is -2.77. The van der Waals surface area contributed by atoms with Gasteiger partial charge >= 0.3 is 6.01 Å². The SMILES string of the molecule is COc1ccc(COc2ncc(F)c(/N=C3\CCCCN3C)n2)cc1F. The highest BCUT2D eigenvalue weighted by atomic mass is 19.1. The maximum absolute atomic E-state index is 14.0. The number of aromatic nitrogens is 2. The monoisotopic (exact) mass is 362 g/mol. The maximum Gasteiger partial charge on any atom is 0.318 e. The summed E-state index contributed by atoms with van der Waals surface area (Å²) < 4.78 is 38.0. The lowest BCUT2D eigenvalue weighted by Gasteiger charge is -2.25. The average molecular weight is 362 g/mol. The molecule has 1 aliphatic rings. The van der Waals surface area contributed by atoms with E-state index in [4.69, 9.17) is 9.47 Å². The van der Waals surface area contributed by atoms with Gasteiger partial charge < -0.3 is 14.4 Å². The van der Waals surface area contributed by atoms with Gasteiger partial charge in [-0.05, 0) is 30.5 Å². The van der Waals surface area contributed by atoms with E-state index in [1.807, 2.05) is 11.9 Å². The predicted molar refractivity (Wildman–Crippen MR) is 92.9 cm³/mol. The first kappa shape index (κ1) is 18.0. The Kier molecular flexibility index (Phi) is 5.60. The molecule has 138 valence electrons. The van der Waals surface area contributed by atoms with Crippen molar-refractivity contribution >= 4 is 11.7 Å². The summed E-state index contributed by atoms with van der Waals surface area (Å²) in [4.78, 5) is 14.1. The van der Waals surface area contributed by atoms with Crippen LogP contribution in [0.5, 0.6) is 11.8 Å². The molecule has 0 saturated carbocycles. The number of amidine groups is 1. The Morgan fingerprint density at radius 1 is 1.23 bits per heavy atom. The standard InChI is InChI=1S/C18H20F2N4O2/c1-24-8-4-3-5-16(24)22-17-14(20)10-21-18(23-17)26-11-12-6-7-15(25-2)13(19)9-12/h6-7,9-10H,3-5,8,11H2,1-2H3/b22-16+. The van der Waals surface area contributed by atoms with E-state index in [2.05, 4.69) is 15.0 Å². The fraction of sp³-hybridized carbons (Fsp3) is 0.389. The lowest BCUT2D eigenvalue weighted by Crippen LogP contribution is -2.31. The summed E-state index contributed by atoms with van der Waals surface area (Å²) in [7, 11) is 3.32. The maximum atomic E-state index is 14.0. The van der Waals surface area contributed by atoms with E-state index in [0.29, 0.717) is 5.56 Å². The van der Waals surface area contributed by atoms with Gasteiger partial charge in [-0.1, -0.05) is 6.07 Å². The van der Waals surface area contributed by atoms with Crippen molar-refractivity contribution in [1.29, 1.82) is 0 Å². The van der Waals surface area contributed by atoms with Crippen molar-refractivity contribution in [2.45, 2.75) is 25.9 Å². The van der Waals surface area contributed by atoms with Gasteiger partial charge in [0.25, 0.3) is 0 Å². The summed E-state index contributed by atoms with van der Waals surface area (Å²) in [6, 6.07) is 4.47. The van der Waals surface area contributed by atoms with Crippen molar-refractivity contribution < 1.29 is 18.3 Å². The van der Waals surface area contributed by atoms with E-state index >= 15 is 0 Å². The molecule has 0 radical (unpaired) electrons. The lowest BCUT2D eigenvalue weighted by molar-refractivity contribution is 0.278. The van der Waals surface area contributed by atoms with Crippen LogP contribution in [0.3, 0.4) is 0 Å². The van der Waals surface area contributed by atoms with Crippen molar-refractivity contribution in [3.8, 4) is 11.8 Å². The number of rotatable bonds is 5. The molecule has 26 heavy (non-hydrogen) atoms. The van der Waals surface area contributed by atoms with Gasteiger partial charge in [0.15, 0.2) is 23.2 Å². The molecule has 0 aliphatic carbocycles. The first-order valence-corrected chi connectivity index (χ1v) is 8.33. The molecule has 0 bridgehead atoms. The van der Waals surface area contributed by atoms with Crippen LogP contribution in [-0.4, -0.2) is 41.4 Å². The molecule has 0 amide bonds. The molecule has 3 rings (SSSR count). The van der Waals surface area contributed by atoms with Crippen LogP contribution in [0.4, 0.5) is 14.6 Å². The van der Waals surface area contributed by atoms with Crippen molar-refractivity contribution in [3.63, 3.8) is 0 Å². The van der Waals surface area contributed by atoms with E-state index in [1.54, 1.807) is 6.07 Å². The highest BCUT2D eigenvalue weighted by molar-refractivity contribution is 5.84. The van der Waals surface area contributed by atoms with Gasteiger partial charge in [0.2, 0.25) is 0 Å². The third kappa shape index (κ3) is 4.25. The third-order valence-electron chi connectivity index (χ3n) is 4.11. The molecule has 1 saturated heterocycles. The van der Waals surface area contributed by atoms with E-state index in [1.165, 1.54) is 19.2 Å². The van der Waals surface area contributed by atoms with Gasteiger partial charge in [-0.25, -0.2) is 18.8 Å². The molecule has 1 aromatic heterocycles. The minimum atomic E-state index is -0.612. The predicted octanol–water partition coefficient (Wildman–Crippen LogP) is 3.49. The average Bonchev–Trinajstić information content (AvgIpc) is 2.64. The highest BCUT2D eigenvalue weighted by Gasteiger charge is 2.15. The van der Waals surface area contributed by atoms with Crippen molar-refractivity contribution in [2.75, 3.05) is 20.7 Å². The number of likely N-dealkylation sites (tertiary alicyclic amines) is 1. The Morgan fingerprint density at radius 2 is 2.08 bits per heavy atom. The molecule has 0 N–H and O–H groups in total. The van der Waals surface area contributed by atoms with Gasteiger partial charge in [0.1, 0.15) is 12.4 Å². The number of piperidine rings is 1. The van der Waals surface area contributed by atoms with Crippen LogP contribution < -0.4 is 9.47 Å². The zero-order chi connectivity index (χ0) is 18.5. The minimum Gasteiger partial charge on any atom is -0.494 e. The van der Waals surface area contributed by atoms with Crippen LogP contribution in [0.1, 0.15) is 24.8 Å². The zero-order valence-corrected chi connectivity index (χ0v) is 14.7. The molecule has 1 aliphatic heterocycles. The fourth-order valence-corrected chi connectivity index (χ4v) is 2.65. The summed E-state index contributed by atoms with van der Waals surface area (Å²) >= 11 is 0. The van der Waals surface area contributed by atoms with Gasteiger partial charge in [-0.2, -0.15) is 4.98 Å². The molecule has 0 spiro atoms. The quantitative estimate of drug-likeness (QED) is 0.815. The Balaban J connectivity index is 1.73. The van der Waals surface area contributed by atoms with E-state index in [0.717, 1.165) is 37.8 Å². The number of hydrogen-bond donors (Lipinski definition) is 0. The zero-order valence-electron chi connectivity index (χ0n) is 14.7. The fourth-order valence-electron chi connectivity index (χ4n) is 2.65.